The Kier molecular flexibility index (Phi) is 4.11. The number of hydrogen-bond acceptors (Lipinski definition) is 3. The van der Waals surface area contributed by atoms with Crippen LogP contribution in [0, 0.1) is 12.7 Å². The minimum Gasteiger partial charge on any atom is -0.378 e. The average Bonchev–Trinajstić information content (AvgIpc) is 2.38. The molecule has 2 aromatic rings. The molecule has 100 valence electrons. The van der Waals surface area contributed by atoms with Crippen LogP contribution in [0.25, 0.3) is 11.4 Å². The largest absolute Gasteiger partial charge is 0.378 e. The number of H-pyrrole nitrogens is 1. The Bertz CT molecular complexity index is 670. The van der Waals surface area contributed by atoms with E-state index in [1.807, 2.05) is 6.92 Å². The number of aromatic amines is 1. The van der Waals surface area contributed by atoms with Gasteiger partial charge in [-0.15, -0.1) is 0 Å². The summed E-state index contributed by atoms with van der Waals surface area (Å²) in [7, 11) is 1.52. The molecule has 19 heavy (non-hydrogen) atoms. The Balaban J connectivity index is 2.62. The zero-order chi connectivity index (χ0) is 14.0. The zero-order valence-electron chi connectivity index (χ0n) is 10.5. The van der Waals surface area contributed by atoms with Crippen LogP contribution < -0.4 is 5.56 Å². The molecule has 4 nitrogen and oxygen atoms in total. The first-order valence-electron chi connectivity index (χ1n) is 5.57. The number of ether oxygens (including phenoxy) is 1. The fraction of sp³-hybridized carbons (Fsp3) is 0.231. The molecule has 1 N–H and O–H groups in total. The molecule has 0 bridgehead atoms. The quantitative estimate of drug-likeness (QED) is 0.943. The number of aromatic nitrogens is 2. The van der Waals surface area contributed by atoms with Gasteiger partial charge in [0, 0.05) is 12.7 Å². The number of nitrogens with one attached hydrogen (secondary N) is 1. The summed E-state index contributed by atoms with van der Waals surface area (Å²) < 4.78 is 18.6. The highest BCUT2D eigenvalue weighted by Crippen LogP contribution is 2.22. The van der Waals surface area contributed by atoms with Gasteiger partial charge in [0.2, 0.25) is 0 Å². The smallest absolute Gasteiger partial charge is 0.265 e. The number of aryl methyl sites for hydroxylation is 1. The molecule has 1 heterocycles. The summed E-state index contributed by atoms with van der Waals surface area (Å²) in [6.07, 6.45) is 0. The predicted molar refractivity (Wildman–Crippen MR) is 73.4 cm³/mol. The fourth-order valence-corrected chi connectivity index (χ4v) is 2.02. The van der Waals surface area contributed by atoms with Crippen molar-refractivity contribution in [1.29, 1.82) is 0 Å². The first-order chi connectivity index (χ1) is 9.02. The molecule has 0 aliphatic rings. The van der Waals surface area contributed by atoms with Gasteiger partial charge in [-0.3, -0.25) is 4.79 Å². The van der Waals surface area contributed by atoms with Crippen molar-refractivity contribution < 1.29 is 9.13 Å². The molecular formula is C13H12BrFN2O2. The molecule has 6 heteroatoms. The lowest BCUT2D eigenvalue weighted by Gasteiger charge is -2.08. The van der Waals surface area contributed by atoms with E-state index in [0.29, 0.717) is 21.6 Å². The Morgan fingerprint density at radius 2 is 2.21 bits per heavy atom. The van der Waals surface area contributed by atoms with Crippen molar-refractivity contribution in [2.24, 2.45) is 0 Å². The van der Waals surface area contributed by atoms with E-state index in [-0.39, 0.29) is 18.0 Å². The van der Waals surface area contributed by atoms with Gasteiger partial charge in [0.25, 0.3) is 5.56 Å². The molecule has 0 aliphatic carbocycles. The Morgan fingerprint density at radius 1 is 1.47 bits per heavy atom. The van der Waals surface area contributed by atoms with Crippen molar-refractivity contribution in [2.45, 2.75) is 13.5 Å². The van der Waals surface area contributed by atoms with Crippen LogP contribution in [0.1, 0.15) is 11.3 Å². The van der Waals surface area contributed by atoms with Crippen LogP contribution in [0.15, 0.2) is 27.5 Å². The molecule has 1 aromatic carbocycles. The van der Waals surface area contributed by atoms with Crippen LogP contribution >= 0.6 is 15.9 Å². The van der Waals surface area contributed by atoms with Crippen molar-refractivity contribution in [2.75, 3.05) is 7.11 Å². The van der Waals surface area contributed by atoms with Crippen LogP contribution in [-0.2, 0) is 11.3 Å². The standard InChI is InChI=1S/C13H12BrFN2O2/c1-7-3-4-8(15)5-9(7)12-16-10(6-19-2)11(14)13(18)17-12/h3-5H,6H2,1-2H3,(H,16,17,18). The maximum absolute atomic E-state index is 13.3. The van der Waals surface area contributed by atoms with Crippen LogP contribution in [0.2, 0.25) is 0 Å². The lowest BCUT2D eigenvalue weighted by atomic mass is 10.1. The number of nitrogens with zero attached hydrogens (tertiary/aromatic N) is 1. The van der Waals surface area contributed by atoms with Crippen molar-refractivity contribution in [3.63, 3.8) is 0 Å². The summed E-state index contributed by atoms with van der Waals surface area (Å²) in [5.74, 6) is -0.0447. The summed E-state index contributed by atoms with van der Waals surface area (Å²) in [6.45, 7) is 2.03. The third kappa shape index (κ3) is 2.90. The SMILES string of the molecule is COCc1nc(-c2cc(F)ccc2C)[nH]c(=O)c1Br. The molecule has 0 atom stereocenters. The lowest BCUT2D eigenvalue weighted by molar-refractivity contribution is 0.180. The molecule has 0 unspecified atom stereocenters. The van der Waals surface area contributed by atoms with Gasteiger partial charge >= 0.3 is 0 Å². The van der Waals surface area contributed by atoms with E-state index in [0.717, 1.165) is 5.56 Å². The van der Waals surface area contributed by atoms with E-state index in [1.165, 1.54) is 19.2 Å². The van der Waals surface area contributed by atoms with Gasteiger partial charge in [-0.2, -0.15) is 0 Å². The average molecular weight is 327 g/mol. The van der Waals surface area contributed by atoms with Crippen molar-refractivity contribution in [3.8, 4) is 11.4 Å². The molecule has 0 saturated heterocycles. The Labute approximate surface area is 117 Å². The van der Waals surface area contributed by atoms with Crippen molar-refractivity contribution in [3.05, 3.63) is 50.1 Å². The molecule has 0 fully saturated rings. The Hall–Kier alpha value is -1.53. The fourth-order valence-electron chi connectivity index (χ4n) is 1.71. The highest BCUT2D eigenvalue weighted by atomic mass is 79.9. The van der Waals surface area contributed by atoms with Crippen LogP contribution in [0.4, 0.5) is 4.39 Å². The predicted octanol–water partition coefficient (Wildman–Crippen LogP) is 2.79. The van der Waals surface area contributed by atoms with Gasteiger partial charge in [-0.05, 0) is 40.5 Å². The van der Waals surface area contributed by atoms with Gasteiger partial charge in [-0.1, -0.05) is 6.07 Å². The van der Waals surface area contributed by atoms with E-state index < -0.39 is 0 Å². The zero-order valence-corrected chi connectivity index (χ0v) is 12.0. The molecule has 0 amide bonds. The first-order valence-corrected chi connectivity index (χ1v) is 6.36. The highest BCUT2D eigenvalue weighted by Gasteiger charge is 2.12. The van der Waals surface area contributed by atoms with Crippen LogP contribution in [-0.4, -0.2) is 17.1 Å². The highest BCUT2D eigenvalue weighted by molar-refractivity contribution is 9.10. The lowest BCUT2D eigenvalue weighted by Crippen LogP contribution is -2.14. The normalized spacial score (nSPS) is 10.7. The van der Waals surface area contributed by atoms with E-state index in [4.69, 9.17) is 4.74 Å². The van der Waals surface area contributed by atoms with E-state index in [9.17, 15) is 9.18 Å². The van der Waals surface area contributed by atoms with Crippen LogP contribution in [0.5, 0.6) is 0 Å². The van der Waals surface area contributed by atoms with Gasteiger partial charge in [0.1, 0.15) is 16.1 Å². The molecule has 0 spiro atoms. The molecule has 0 saturated carbocycles. The van der Waals surface area contributed by atoms with E-state index >= 15 is 0 Å². The number of methoxy groups -OCH3 is 1. The minimum atomic E-state index is -0.376. The first kappa shape index (κ1) is 13.9. The van der Waals surface area contributed by atoms with Gasteiger partial charge in [-0.25, -0.2) is 9.37 Å². The second-order valence-corrected chi connectivity index (χ2v) is 4.86. The third-order valence-corrected chi connectivity index (χ3v) is 3.49. The molecule has 0 aliphatic heterocycles. The van der Waals surface area contributed by atoms with Crippen molar-refractivity contribution in [1.82, 2.24) is 9.97 Å². The topological polar surface area (TPSA) is 55.0 Å². The van der Waals surface area contributed by atoms with Gasteiger partial charge in [0.15, 0.2) is 0 Å². The number of benzene rings is 1. The number of hydrogen-bond donors (Lipinski definition) is 1. The molecule has 1 aromatic heterocycles. The summed E-state index contributed by atoms with van der Waals surface area (Å²) in [6, 6.07) is 4.35. The third-order valence-electron chi connectivity index (χ3n) is 2.67. The maximum atomic E-state index is 13.3. The van der Waals surface area contributed by atoms with E-state index in [1.54, 1.807) is 6.07 Å². The summed E-state index contributed by atoms with van der Waals surface area (Å²) in [5, 5.41) is 0. The van der Waals surface area contributed by atoms with Gasteiger partial charge in [0.05, 0.1) is 12.3 Å². The second-order valence-electron chi connectivity index (χ2n) is 4.07. The van der Waals surface area contributed by atoms with Crippen molar-refractivity contribution >= 4 is 15.9 Å². The Morgan fingerprint density at radius 3 is 2.89 bits per heavy atom. The summed E-state index contributed by atoms with van der Waals surface area (Å²) in [5.41, 5.74) is 1.54. The summed E-state index contributed by atoms with van der Waals surface area (Å²) >= 11 is 3.16. The molecule has 0 radical (unpaired) electrons. The summed E-state index contributed by atoms with van der Waals surface area (Å²) in [4.78, 5) is 18.7. The number of halogens is 2. The second kappa shape index (κ2) is 5.63. The van der Waals surface area contributed by atoms with E-state index in [2.05, 4.69) is 25.9 Å². The van der Waals surface area contributed by atoms with Crippen LogP contribution in [0.3, 0.4) is 0 Å². The number of rotatable bonds is 3. The minimum absolute atomic E-state index is 0.200. The van der Waals surface area contributed by atoms with Gasteiger partial charge < -0.3 is 9.72 Å². The molecule has 2 rings (SSSR count). The molecular weight excluding hydrogens is 315 g/mol. The maximum Gasteiger partial charge on any atom is 0.265 e. The monoisotopic (exact) mass is 326 g/mol.